The molecule has 0 spiro atoms. The van der Waals surface area contributed by atoms with Crippen LogP contribution in [0.1, 0.15) is 65.2 Å². The van der Waals surface area contributed by atoms with Crippen LogP contribution >= 0.6 is 0 Å². The number of hydrogen-bond acceptors (Lipinski definition) is 3. The van der Waals surface area contributed by atoms with Crippen molar-refractivity contribution in [1.82, 2.24) is 0 Å². The predicted molar refractivity (Wildman–Crippen MR) is 91.4 cm³/mol. The maximum Gasteiger partial charge on any atom is 0.155 e. The fourth-order valence-corrected chi connectivity index (χ4v) is 7.46. The van der Waals surface area contributed by atoms with Gasteiger partial charge in [0.25, 0.3) is 0 Å². The third-order valence-corrected chi connectivity index (χ3v) is 9.04. The van der Waals surface area contributed by atoms with Crippen molar-refractivity contribution >= 4 is 5.78 Å². The Hall–Kier alpha value is -0.670. The molecule has 4 fully saturated rings. The highest BCUT2D eigenvalue weighted by Crippen LogP contribution is 2.68. The van der Waals surface area contributed by atoms with E-state index in [1.807, 2.05) is 6.08 Å². The third kappa shape index (κ3) is 1.78. The van der Waals surface area contributed by atoms with Crippen LogP contribution in [0.2, 0.25) is 0 Å². The van der Waals surface area contributed by atoms with Gasteiger partial charge >= 0.3 is 0 Å². The average Bonchev–Trinajstić information content (AvgIpc) is 3.36. The highest BCUT2D eigenvalue weighted by Gasteiger charge is 2.68. The monoisotopic (exact) mass is 330 g/mol. The van der Waals surface area contributed by atoms with E-state index >= 15 is 0 Å². The number of carbonyl (C=O) groups is 1. The van der Waals surface area contributed by atoms with Gasteiger partial charge < -0.3 is 9.84 Å². The SMILES string of the molecule is C[C@]12CCC(=O)C=C1CC[C@@H]1[C@@H]2CC[C@@]2(C)[C@H]1CC[C@]2(O)[C@H]1CO1. The molecule has 1 N–H and O–H groups in total. The second-order valence-electron chi connectivity index (χ2n) is 9.71. The van der Waals surface area contributed by atoms with Gasteiger partial charge in [-0.05, 0) is 74.2 Å². The second kappa shape index (κ2) is 4.73. The van der Waals surface area contributed by atoms with Gasteiger partial charge in [-0.25, -0.2) is 0 Å². The molecule has 0 radical (unpaired) electrons. The molecule has 7 atom stereocenters. The van der Waals surface area contributed by atoms with Crippen LogP contribution in [0, 0.1) is 28.6 Å². The van der Waals surface area contributed by atoms with Crippen LogP contribution in [-0.4, -0.2) is 29.2 Å². The Morgan fingerprint density at radius 1 is 1.08 bits per heavy atom. The summed E-state index contributed by atoms with van der Waals surface area (Å²) >= 11 is 0. The van der Waals surface area contributed by atoms with Crippen molar-refractivity contribution in [2.24, 2.45) is 28.6 Å². The molecule has 3 saturated carbocycles. The van der Waals surface area contributed by atoms with Crippen LogP contribution in [0.25, 0.3) is 0 Å². The highest BCUT2D eigenvalue weighted by atomic mass is 16.6. The van der Waals surface area contributed by atoms with E-state index in [2.05, 4.69) is 13.8 Å². The normalized spacial score (nSPS) is 56.1. The first-order chi connectivity index (χ1) is 11.4. The molecule has 4 aliphatic carbocycles. The van der Waals surface area contributed by atoms with Crippen LogP contribution in [0.3, 0.4) is 0 Å². The molecule has 1 heterocycles. The van der Waals surface area contributed by atoms with Gasteiger partial charge in [0.15, 0.2) is 5.78 Å². The Kier molecular flexibility index (Phi) is 3.07. The molecule has 0 amide bonds. The molecular formula is C21H30O3. The van der Waals surface area contributed by atoms with E-state index < -0.39 is 5.60 Å². The van der Waals surface area contributed by atoms with Crippen molar-refractivity contribution in [2.45, 2.75) is 76.9 Å². The number of allylic oxidation sites excluding steroid dienone is 1. The molecule has 0 bridgehead atoms. The van der Waals surface area contributed by atoms with Crippen molar-refractivity contribution in [1.29, 1.82) is 0 Å². The Bertz CT molecular complexity index is 621. The largest absolute Gasteiger partial charge is 0.387 e. The van der Waals surface area contributed by atoms with Gasteiger partial charge in [0.1, 0.15) is 6.10 Å². The zero-order valence-electron chi connectivity index (χ0n) is 15.0. The number of rotatable bonds is 1. The van der Waals surface area contributed by atoms with Crippen molar-refractivity contribution in [2.75, 3.05) is 6.61 Å². The minimum absolute atomic E-state index is 0.0252. The molecule has 1 aliphatic heterocycles. The van der Waals surface area contributed by atoms with Crippen LogP contribution in [0.15, 0.2) is 11.6 Å². The molecule has 5 aliphatic rings. The van der Waals surface area contributed by atoms with E-state index in [4.69, 9.17) is 4.74 Å². The quantitative estimate of drug-likeness (QED) is 0.747. The number of ketones is 1. The van der Waals surface area contributed by atoms with Crippen LogP contribution in [0.4, 0.5) is 0 Å². The van der Waals surface area contributed by atoms with Crippen LogP contribution < -0.4 is 0 Å². The summed E-state index contributed by atoms with van der Waals surface area (Å²) in [6.45, 7) is 5.52. The van der Waals surface area contributed by atoms with Gasteiger partial charge in [-0.2, -0.15) is 0 Å². The number of carbonyl (C=O) groups excluding carboxylic acids is 1. The van der Waals surface area contributed by atoms with Gasteiger partial charge in [0.05, 0.1) is 12.2 Å². The molecule has 3 heteroatoms. The van der Waals surface area contributed by atoms with Gasteiger partial charge in [-0.1, -0.05) is 19.4 Å². The predicted octanol–water partition coefficient (Wildman–Crippen LogP) is 3.65. The summed E-state index contributed by atoms with van der Waals surface area (Å²) < 4.78 is 5.57. The molecule has 3 nitrogen and oxygen atoms in total. The summed E-state index contributed by atoms with van der Waals surface area (Å²) in [7, 11) is 0. The lowest BCUT2D eigenvalue weighted by Gasteiger charge is -2.59. The lowest BCUT2D eigenvalue weighted by atomic mass is 9.46. The third-order valence-electron chi connectivity index (χ3n) is 9.04. The first-order valence-electron chi connectivity index (χ1n) is 9.96. The number of fused-ring (bicyclic) bond motifs is 5. The first-order valence-corrected chi connectivity index (χ1v) is 9.96. The van der Waals surface area contributed by atoms with Crippen molar-refractivity contribution in [3.63, 3.8) is 0 Å². The van der Waals surface area contributed by atoms with Crippen LogP contribution in [-0.2, 0) is 9.53 Å². The van der Waals surface area contributed by atoms with Crippen molar-refractivity contribution < 1.29 is 14.6 Å². The Labute approximate surface area is 144 Å². The van der Waals surface area contributed by atoms with Gasteiger partial charge in [-0.15, -0.1) is 0 Å². The highest BCUT2D eigenvalue weighted by molar-refractivity contribution is 5.91. The van der Waals surface area contributed by atoms with Gasteiger partial charge in [0.2, 0.25) is 0 Å². The Balaban J connectivity index is 1.49. The number of hydrogen-bond donors (Lipinski definition) is 1. The zero-order chi connectivity index (χ0) is 16.7. The zero-order valence-corrected chi connectivity index (χ0v) is 15.0. The molecular weight excluding hydrogens is 300 g/mol. The molecule has 24 heavy (non-hydrogen) atoms. The van der Waals surface area contributed by atoms with E-state index in [1.54, 1.807) is 0 Å². The molecule has 0 aromatic carbocycles. The summed E-state index contributed by atoms with van der Waals surface area (Å²) in [5.74, 6) is 2.38. The Morgan fingerprint density at radius 3 is 2.58 bits per heavy atom. The van der Waals surface area contributed by atoms with E-state index in [9.17, 15) is 9.90 Å². The number of aliphatic hydroxyl groups is 1. The summed E-state index contributed by atoms with van der Waals surface area (Å²) in [4.78, 5) is 11.9. The van der Waals surface area contributed by atoms with Gasteiger partial charge in [-0.3, -0.25) is 4.79 Å². The van der Waals surface area contributed by atoms with Gasteiger partial charge in [0, 0.05) is 11.8 Å². The van der Waals surface area contributed by atoms with Crippen molar-refractivity contribution in [3.8, 4) is 0 Å². The minimum atomic E-state index is -0.595. The van der Waals surface area contributed by atoms with E-state index in [-0.39, 0.29) is 16.9 Å². The average molecular weight is 330 g/mol. The van der Waals surface area contributed by atoms with E-state index in [0.29, 0.717) is 23.5 Å². The second-order valence-corrected chi connectivity index (χ2v) is 9.71. The lowest BCUT2D eigenvalue weighted by molar-refractivity contribution is -0.138. The summed E-state index contributed by atoms with van der Waals surface area (Å²) in [5.41, 5.74) is 1.09. The maximum absolute atomic E-state index is 11.9. The van der Waals surface area contributed by atoms with E-state index in [0.717, 1.165) is 45.1 Å². The maximum atomic E-state index is 11.9. The molecule has 0 aromatic heterocycles. The molecule has 0 unspecified atom stereocenters. The standard InChI is InChI=1S/C21H30O3/c1-19-8-5-14(22)11-13(19)3-4-15-16(19)6-9-20(2)17(15)7-10-21(20,23)18-12-24-18/h11,15-18,23H,3-10,12H2,1-2H3/t15-,16+,17+,18-,19+,20+,21+/m1/s1. The fourth-order valence-electron chi connectivity index (χ4n) is 7.46. The van der Waals surface area contributed by atoms with E-state index in [1.165, 1.54) is 18.4 Å². The molecule has 1 saturated heterocycles. The van der Waals surface area contributed by atoms with Crippen molar-refractivity contribution in [3.05, 3.63) is 11.6 Å². The lowest BCUT2D eigenvalue weighted by Crippen LogP contribution is -2.56. The topological polar surface area (TPSA) is 49.8 Å². The summed E-state index contributed by atoms with van der Waals surface area (Å²) in [6, 6.07) is 0. The smallest absolute Gasteiger partial charge is 0.155 e. The summed E-state index contributed by atoms with van der Waals surface area (Å²) in [6.07, 6.45) is 10.5. The molecule has 5 rings (SSSR count). The first kappa shape index (κ1) is 15.6. The summed E-state index contributed by atoms with van der Waals surface area (Å²) in [5, 5.41) is 11.4. The fraction of sp³-hybridized carbons (Fsp3) is 0.857. The minimum Gasteiger partial charge on any atom is -0.387 e. The molecule has 0 aromatic rings. The van der Waals surface area contributed by atoms with Crippen LogP contribution in [0.5, 0.6) is 0 Å². The Morgan fingerprint density at radius 2 is 1.83 bits per heavy atom. The molecule has 132 valence electrons. The number of epoxide rings is 1. The number of ether oxygens (including phenoxy) is 1.